The first-order chi connectivity index (χ1) is 8.58. The van der Waals surface area contributed by atoms with E-state index in [1.54, 1.807) is 0 Å². The van der Waals surface area contributed by atoms with E-state index in [9.17, 15) is 0 Å². The Morgan fingerprint density at radius 3 is 2.56 bits per heavy atom. The summed E-state index contributed by atoms with van der Waals surface area (Å²) in [5.74, 6) is 0. The Kier molecular flexibility index (Phi) is 4.84. The second-order valence-electron chi connectivity index (χ2n) is 4.08. The van der Waals surface area contributed by atoms with Gasteiger partial charge in [0.15, 0.2) is 0 Å². The van der Waals surface area contributed by atoms with Gasteiger partial charge in [-0.2, -0.15) is 0 Å². The first kappa shape index (κ1) is 14.1. The van der Waals surface area contributed by atoms with Gasteiger partial charge < -0.3 is 5.73 Å². The number of nitrogens with two attached hydrogens (primary N) is 1. The maximum Gasteiger partial charge on any atom is 0.0595 e. The Balaban J connectivity index is 2.22. The zero-order valence-electron chi connectivity index (χ0n) is 9.54. The summed E-state index contributed by atoms with van der Waals surface area (Å²) in [6, 6.07) is 13.9. The molecule has 18 heavy (non-hydrogen) atoms. The quantitative estimate of drug-likeness (QED) is 0.776. The van der Waals surface area contributed by atoms with Crippen molar-refractivity contribution in [2.24, 2.45) is 5.73 Å². The molecule has 0 saturated heterocycles. The summed E-state index contributed by atoms with van der Waals surface area (Å²) in [6.07, 6.45) is 0.760. The molecule has 94 valence electrons. The molecule has 0 radical (unpaired) electrons. The highest BCUT2D eigenvalue weighted by molar-refractivity contribution is 9.10. The standard InChI is InChI=1S/C14H12Br2ClN/c15-10-4-1-3-9(7-10)8-13(18)11-5-2-6-12(16)14(11)17/h1-7,13H,8,18H2. The molecule has 2 rings (SSSR count). The van der Waals surface area contributed by atoms with Crippen LogP contribution in [0, 0.1) is 0 Å². The molecule has 0 aliphatic heterocycles. The molecule has 0 spiro atoms. The van der Waals surface area contributed by atoms with Gasteiger partial charge in [0.05, 0.1) is 5.02 Å². The number of benzene rings is 2. The molecule has 1 nitrogen and oxygen atoms in total. The SMILES string of the molecule is NC(Cc1cccc(Br)c1)c1cccc(Br)c1Cl. The van der Waals surface area contributed by atoms with Crippen LogP contribution in [0.3, 0.4) is 0 Å². The molecule has 4 heteroatoms. The molecule has 2 N–H and O–H groups in total. The van der Waals surface area contributed by atoms with Gasteiger partial charge in [0.25, 0.3) is 0 Å². The van der Waals surface area contributed by atoms with Gasteiger partial charge in [-0.15, -0.1) is 0 Å². The van der Waals surface area contributed by atoms with Crippen molar-refractivity contribution in [3.05, 3.63) is 67.6 Å². The van der Waals surface area contributed by atoms with Crippen LogP contribution in [0.25, 0.3) is 0 Å². The van der Waals surface area contributed by atoms with Crippen LogP contribution in [0.1, 0.15) is 17.2 Å². The van der Waals surface area contributed by atoms with Crippen molar-refractivity contribution in [2.45, 2.75) is 12.5 Å². The van der Waals surface area contributed by atoms with E-state index in [2.05, 4.69) is 44.0 Å². The summed E-state index contributed by atoms with van der Waals surface area (Å²) in [7, 11) is 0. The lowest BCUT2D eigenvalue weighted by Crippen LogP contribution is -2.14. The zero-order chi connectivity index (χ0) is 13.1. The minimum absolute atomic E-state index is 0.107. The van der Waals surface area contributed by atoms with Crippen LogP contribution >= 0.6 is 43.5 Å². The van der Waals surface area contributed by atoms with Crippen LogP contribution in [0.4, 0.5) is 0 Å². The lowest BCUT2D eigenvalue weighted by atomic mass is 10.00. The van der Waals surface area contributed by atoms with Crippen molar-refractivity contribution in [2.75, 3.05) is 0 Å². The Bertz CT molecular complexity index is 557. The molecular weight excluding hydrogens is 377 g/mol. The first-order valence-electron chi connectivity index (χ1n) is 5.52. The van der Waals surface area contributed by atoms with Gasteiger partial charge in [0.1, 0.15) is 0 Å². The Morgan fingerprint density at radius 2 is 1.83 bits per heavy atom. The van der Waals surface area contributed by atoms with Crippen LogP contribution < -0.4 is 5.73 Å². The second kappa shape index (κ2) is 6.20. The highest BCUT2D eigenvalue weighted by Gasteiger charge is 2.12. The van der Waals surface area contributed by atoms with Crippen LogP contribution in [0.2, 0.25) is 5.02 Å². The third kappa shape index (κ3) is 3.35. The number of hydrogen-bond donors (Lipinski definition) is 1. The van der Waals surface area contributed by atoms with Gasteiger partial charge in [-0.3, -0.25) is 0 Å². The molecule has 1 unspecified atom stereocenters. The Morgan fingerprint density at radius 1 is 1.11 bits per heavy atom. The van der Waals surface area contributed by atoms with Crippen molar-refractivity contribution < 1.29 is 0 Å². The Labute approximate surface area is 129 Å². The van der Waals surface area contributed by atoms with Crippen LogP contribution in [0.5, 0.6) is 0 Å². The van der Waals surface area contributed by atoms with Crippen molar-refractivity contribution in [1.29, 1.82) is 0 Å². The maximum atomic E-state index is 6.25. The zero-order valence-corrected chi connectivity index (χ0v) is 13.5. The summed E-state index contributed by atoms with van der Waals surface area (Å²) < 4.78 is 1.94. The predicted octanol–water partition coefficient (Wildman–Crippen LogP) is 5.11. The highest BCUT2D eigenvalue weighted by Crippen LogP contribution is 2.30. The fourth-order valence-corrected chi connectivity index (χ4v) is 2.93. The Hall–Kier alpha value is -0.350. The molecule has 2 aromatic carbocycles. The molecule has 0 amide bonds. The molecule has 2 aromatic rings. The van der Waals surface area contributed by atoms with E-state index in [0.29, 0.717) is 5.02 Å². The smallest absolute Gasteiger partial charge is 0.0595 e. The number of halogens is 3. The number of rotatable bonds is 3. The fraction of sp³-hybridized carbons (Fsp3) is 0.143. The van der Waals surface area contributed by atoms with E-state index in [-0.39, 0.29) is 6.04 Å². The summed E-state index contributed by atoms with van der Waals surface area (Å²) >= 11 is 13.1. The summed E-state index contributed by atoms with van der Waals surface area (Å²) in [6.45, 7) is 0. The third-order valence-electron chi connectivity index (χ3n) is 2.73. The third-order valence-corrected chi connectivity index (χ3v) is 4.53. The van der Waals surface area contributed by atoms with Gasteiger partial charge >= 0.3 is 0 Å². The predicted molar refractivity (Wildman–Crippen MR) is 83.9 cm³/mol. The molecule has 0 fully saturated rings. The molecular formula is C14H12Br2ClN. The minimum Gasteiger partial charge on any atom is -0.324 e. The molecule has 0 aliphatic carbocycles. The largest absolute Gasteiger partial charge is 0.324 e. The van der Waals surface area contributed by atoms with E-state index in [1.807, 2.05) is 30.3 Å². The first-order valence-corrected chi connectivity index (χ1v) is 7.48. The second-order valence-corrected chi connectivity index (χ2v) is 6.23. The summed E-state index contributed by atoms with van der Waals surface area (Å²) in [5.41, 5.74) is 8.38. The monoisotopic (exact) mass is 387 g/mol. The summed E-state index contributed by atoms with van der Waals surface area (Å²) in [5, 5.41) is 0.694. The lowest BCUT2D eigenvalue weighted by Gasteiger charge is -2.14. The average molecular weight is 390 g/mol. The van der Waals surface area contributed by atoms with E-state index >= 15 is 0 Å². The molecule has 0 aliphatic rings. The van der Waals surface area contributed by atoms with Crippen LogP contribution in [0.15, 0.2) is 51.4 Å². The topological polar surface area (TPSA) is 26.0 Å². The van der Waals surface area contributed by atoms with Crippen molar-refractivity contribution in [3.8, 4) is 0 Å². The molecule has 0 saturated carbocycles. The molecule has 0 heterocycles. The van der Waals surface area contributed by atoms with Gasteiger partial charge in [-0.05, 0) is 51.7 Å². The maximum absolute atomic E-state index is 6.25. The lowest BCUT2D eigenvalue weighted by molar-refractivity contribution is 0.721. The molecule has 1 atom stereocenters. The fourth-order valence-electron chi connectivity index (χ4n) is 1.83. The number of hydrogen-bond acceptors (Lipinski definition) is 1. The average Bonchev–Trinajstić information content (AvgIpc) is 2.32. The normalized spacial score (nSPS) is 12.4. The van der Waals surface area contributed by atoms with Crippen molar-refractivity contribution >= 4 is 43.5 Å². The van der Waals surface area contributed by atoms with Gasteiger partial charge in [-0.25, -0.2) is 0 Å². The molecule has 0 aromatic heterocycles. The van der Waals surface area contributed by atoms with Crippen molar-refractivity contribution in [1.82, 2.24) is 0 Å². The van der Waals surface area contributed by atoms with Gasteiger partial charge in [0, 0.05) is 15.0 Å². The van der Waals surface area contributed by atoms with E-state index in [1.165, 1.54) is 5.56 Å². The van der Waals surface area contributed by atoms with Crippen LogP contribution in [-0.2, 0) is 6.42 Å². The van der Waals surface area contributed by atoms with Gasteiger partial charge in [-0.1, -0.05) is 51.8 Å². The highest BCUT2D eigenvalue weighted by atomic mass is 79.9. The summed E-state index contributed by atoms with van der Waals surface area (Å²) in [4.78, 5) is 0. The minimum atomic E-state index is -0.107. The van der Waals surface area contributed by atoms with E-state index in [0.717, 1.165) is 20.9 Å². The molecule has 0 bridgehead atoms. The van der Waals surface area contributed by atoms with Crippen molar-refractivity contribution in [3.63, 3.8) is 0 Å². The van der Waals surface area contributed by atoms with Gasteiger partial charge in [0.2, 0.25) is 0 Å². The van der Waals surface area contributed by atoms with E-state index in [4.69, 9.17) is 17.3 Å². The van der Waals surface area contributed by atoms with E-state index < -0.39 is 0 Å². The van der Waals surface area contributed by atoms with Crippen LogP contribution in [-0.4, -0.2) is 0 Å².